The van der Waals surface area contributed by atoms with Crippen molar-refractivity contribution >= 4 is 17.0 Å². The molecule has 2 aromatic heterocycles. The van der Waals surface area contributed by atoms with Gasteiger partial charge in [-0.05, 0) is 0 Å². The Morgan fingerprint density at radius 1 is 1.55 bits per heavy atom. The van der Waals surface area contributed by atoms with Crippen LogP contribution in [-0.2, 0) is 4.74 Å². The van der Waals surface area contributed by atoms with E-state index in [1.165, 1.54) is 0 Å². The van der Waals surface area contributed by atoms with Crippen LogP contribution >= 0.6 is 0 Å². The van der Waals surface area contributed by atoms with Crippen LogP contribution in [0.2, 0.25) is 0 Å². The smallest absolute Gasteiger partial charge is 0.312 e. The minimum atomic E-state index is -1.99. The molecule has 116 valence electrons. The van der Waals surface area contributed by atoms with Crippen molar-refractivity contribution in [2.75, 3.05) is 12.3 Å². The number of nitrogens with two attached hydrogens (primary N) is 1. The summed E-state index contributed by atoms with van der Waals surface area (Å²) in [6, 6.07) is 0. The fraction of sp³-hybridized carbons (Fsp3) is 0.417. The van der Waals surface area contributed by atoms with Gasteiger partial charge in [-0.3, -0.25) is 4.57 Å². The highest BCUT2D eigenvalue weighted by molar-refractivity contribution is 5.81. The molecule has 2 aromatic rings. The van der Waals surface area contributed by atoms with E-state index in [2.05, 4.69) is 15.0 Å². The second-order valence-electron chi connectivity index (χ2n) is 4.79. The fourth-order valence-corrected chi connectivity index (χ4v) is 2.37. The molecule has 10 heteroatoms. The van der Waals surface area contributed by atoms with Crippen LogP contribution in [0.1, 0.15) is 6.23 Å². The maximum atomic E-state index is 14.3. The van der Waals surface area contributed by atoms with Crippen LogP contribution in [0.4, 0.5) is 14.6 Å². The minimum absolute atomic E-state index is 0.0499. The number of terminal acetylenes is 1. The highest BCUT2D eigenvalue weighted by Crippen LogP contribution is 2.39. The summed E-state index contributed by atoms with van der Waals surface area (Å²) in [4.78, 5) is 10.7. The van der Waals surface area contributed by atoms with Gasteiger partial charge in [0.2, 0.25) is 0 Å². The number of ether oxygens (including phenoxy) is 1. The zero-order valence-electron chi connectivity index (χ0n) is 11.0. The van der Waals surface area contributed by atoms with Gasteiger partial charge >= 0.3 is 6.08 Å². The molecule has 0 aromatic carbocycles. The average Bonchev–Trinajstić information content (AvgIpc) is 3.01. The molecule has 1 fully saturated rings. The molecule has 0 radical (unpaired) electrons. The molecule has 8 nitrogen and oxygen atoms in total. The number of anilines is 1. The Morgan fingerprint density at radius 2 is 2.27 bits per heavy atom. The first kappa shape index (κ1) is 14.6. The van der Waals surface area contributed by atoms with Crippen molar-refractivity contribution in [1.29, 1.82) is 0 Å². The van der Waals surface area contributed by atoms with E-state index in [0.717, 1.165) is 10.9 Å². The Kier molecular flexibility index (Phi) is 3.21. The number of aromatic nitrogens is 4. The summed E-state index contributed by atoms with van der Waals surface area (Å²) in [5, 5.41) is 19.2. The normalized spacial score (nSPS) is 31.5. The largest absolute Gasteiger partial charge is 0.392 e. The van der Waals surface area contributed by atoms with E-state index in [4.69, 9.17) is 16.9 Å². The van der Waals surface area contributed by atoms with Crippen LogP contribution < -0.4 is 5.73 Å². The number of nitrogen functional groups attached to an aromatic ring is 1. The summed E-state index contributed by atoms with van der Waals surface area (Å²) in [6.07, 6.45) is 0.00803. The summed E-state index contributed by atoms with van der Waals surface area (Å²) < 4.78 is 34.0. The lowest BCUT2D eigenvalue weighted by Gasteiger charge is -2.23. The first-order chi connectivity index (χ1) is 10.4. The van der Waals surface area contributed by atoms with E-state index < -0.39 is 36.8 Å². The molecule has 0 spiro atoms. The zero-order chi connectivity index (χ0) is 16.1. The second-order valence-corrected chi connectivity index (χ2v) is 4.79. The predicted molar refractivity (Wildman–Crippen MR) is 69.4 cm³/mol. The summed E-state index contributed by atoms with van der Waals surface area (Å²) in [5.74, 6) is 1.82. The van der Waals surface area contributed by atoms with E-state index in [9.17, 15) is 19.0 Å². The van der Waals surface area contributed by atoms with Crippen LogP contribution in [0, 0.1) is 18.4 Å². The molecule has 1 aliphatic heterocycles. The van der Waals surface area contributed by atoms with E-state index in [-0.39, 0.29) is 17.0 Å². The van der Waals surface area contributed by atoms with Crippen molar-refractivity contribution in [3.8, 4) is 12.3 Å². The number of aliphatic hydroxyl groups excluding tert-OH is 2. The third-order valence-corrected chi connectivity index (χ3v) is 3.56. The van der Waals surface area contributed by atoms with Gasteiger partial charge in [-0.15, -0.1) is 6.42 Å². The number of halogens is 2. The van der Waals surface area contributed by atoms with Crippen molar-refractivity contribution in [3.05, 3.63) is 12.4 Å². The number of nitrogens with zero attached hydrogens (tertiary/aromatic N) is 4. The van der Waals surface area contributed by atoms with Gasteiger partial charge in [0.25, 0.3) is 0 Å². The molecule has 4 atom stereocenters. The number of hydrogen-bond acceptors (Lipinski definition) is 7. The van der Waals surface area contributed by atoms with Crippen LogP contribution in [0.5, 0.6) is 0 Å². The number of alkyl halides is 1. The van der Waals surface area contributed by atoms with Crippen molar-refractivity contribution in [2.24, 2.45) is 0 Å². The maximum absolute atomic E-state index is 14.3. The molecular weight excluding hydrogens is 300 g/mol. The Hall–Kier alpha value is -2.35. The minimum Gasteiger partial charge on any atom is -0.392 e. The number of aliphatic hydroxyl groups is 2. The molecule has 0 amide bonds. The van der Waals surface area contributed by atoms with Crippen molar-refractivity contribution in [1.82, 2.24) is 19.5 Å². The Bertz CT molecular complexity index is 776. The molecule has 22 heavy (non-hydrogen) atoms. The van der Waals surface area contributed by atoms with Gasteiger partial charge in [-0.2, -0.15) is 14.4 Å². The van der Waals surface area contributed by atoms with E-state index >= 15 is 0 Å². The van der Waals surface area contributed by atoms with Crippen LogP contribution in [0.3, 0.4) is 0 Å². The van der Waals surface area contributed by atoms with Gasteiger partial charge in [-0.25, -0.2) is 9.37 Å². The summed E-state index contributed by atoms with van der Waals surface area (Å²) >= 11 is 0. The van der Waals surface area contributed by atoms with Crippen molar-refractivity contribution in [2.45, 2.75) is 24.1 Å². The van der Waals surface area contributed by atoms with Gasteiger partial charge in [0.15, 0.2) is 35.0 Å². The standard InChI is InChI=1S/C12H11F2N5O3/c1-2-12(3-20)7(21)5(13)10(22-12)19-4-16-6-8(15)17-11(14)18-9(6)19/h1,4-5,7,10,20-21H,3H2,(H2,15,17,18)/t5-,7-,10+,12?/m0/s1. The monoisotopic (exact) mass is 311 g/mol. The Balaban J connectivity index is 2.11. The van der Waals surface area contributed by atoms with Crippen LogP contribution in [0.25, 0.3) is 11.2 Å². The third-order valence-electron chi connectivity index (χ3n) is 3.56. The fourth-order valence-electron chi connectivity index (χ4n) is 2.37. The predicted octanol–water partition coefficient (Wildman–Crippen LogP) is -0.860. The maximum Gasteiger partial charge on any atom is 0.312 e. The van der Waals surface area contributed by atoms with Gasteiger partial charge in [0.05, 0.1) is 12.9 Å². The molecule has 0 aliphatic carbocycles. The van der Waals surface area contributed by atoms with Gasteiger partial charge in [0, 0.05) is 0 Å². The third kappa shape index (κ3) is 1.83. The molecule has 0 saturated carbocycles. The summed E-state index contributed by atoms with van der Waals surface area (Å²) in [6.45, 7) is -0.792. The molecule has 3 heterocycles. The summed E-state index contributed by atoms with van der Waals surface area (Å²) in [5.41, 5.74) is 3.54. The number of rotatable bonds is 2. The topological polar surface area (TPSA) is 119 Å². The Labute approximate surface area is 122 Å². The van der Waals surface area contributed by atoms with Gasteiger partial charge < -0.3 is 20.7 Å². The quantitative estimate of drug-likeness (QED) is 0.487. The van der Waals surface area contributed by atoms with E-state index in [1.54, 1.807) is 0 Å². The first-order valence-corrected chi connectivity index (χ1v) is 6.17. The molecule has 1 saturated heterocycles. The zero-order valence-corrected chi connectivity index (χ0v) is 11.0. The molecule has 0 bridgehead atoms. The van der Waals surface area contributed by atoms with Crippen molar-refractivity contribution < 1.29 is 23.7 Å². The molecule has 1 aliphatic rings. The van der Waals surface area contributed by atoms with E-state index in [0.29, 0.717) is 0 Å². The molecular formula is C12H11F2N5O3. The first-order valence-electron chi connectivity index (χ1n) is 6.17. The van der Waals surface area contributed by atoms with Crippen LogP contribution in [-0.4, -0.2) is 54.2 Å². The highest BCUT2D eigenvalue weighted by atomic mass is 19.1. The molecule has 1 unspecified atom stereocenters. The average molecular weight is 311 g/mol. The SMILES string of the molecule is C#CC1(CO)O[C@@H](n2cnc3c(N)nc(F)nc32)[C@@H](F)[C@@H]1O. The number of fused-ring (bicyclic) bond motifs is 1. The van der Waals surface area contributed by atoms with E-state index in [1.807, 2.05) is 5.92 Å². The van der Waals surface area contributed by atoms with Gasteiger partial charge in [0.1, 0.15) is 6.10 Å². The Morgan fingerprint density at radius 3 is 2.86 bits per heavy atom. The highest BCUT2D eigenvalue weighted by Gasteiger charge is 2.55. The second kappa shape index (κ2) is 4.84. The molecule has 4 N–H and O–H groups in total. The lowest BCUT2D eigenvalue weighted by atomic mass is 9.98. The number of imidazole rings is 1. The van der Waals surface area contributed by atoms with Crippen LogP contribution in [0.15, 0.2) is 6.33 Å². The molecule has 3 rings (SSSR count). The lowest BCUT2D eigenvalue weighted by molar-refractivity contribution is -0.0900. The van der Waals surface area contributed by atoms with Crippen molar-refractivity contribution in [3.63, 3.8) is 0 Å². The number of hydrogen-bond donors (Lipinski definition) is 3. The summed E-state index contributed by atoms with van der Waals surface area (Å²) in [7, 11) is 0. The lowest BCUT2D eigenvalue weighted by Crippen LogP contribution is -2.44. The van der Waals surface area contributed by atoms with Gasteiger partial charge in [-0.1, -0.05) is 5.92 Å².